The van der Waals surface area contributed by atoms with Gasteiger partial charge in [-0.05, 0) is 55.3 Å². The summed E-state index contributed by atoms with van der Waals surface area (Å²) in [5.41, 5.74) is 2.89. The number of nitrogens with one attached hydrogen (secondary N) is 2. The number of carbonyl (C=O) groups excluding carboxylic acids is 1. The molecule has 2 N–H and O–H groups in total. The van der Waals surface area contributed by atoms with Crippen molar-refractivity contribution in [2.24, 2.45) is 0 Å². The molecule has 0 saturated carbocycles. The van der Waals surface area contributed by atoms with Crippen LogP contribution in [-0.2, 0) is 27.7 Å². The fourth-order valence-electron chi connectivity index (χ4n) is 2.30. The Bertz CT molecular complexity index is 799. The summed E-state index contributed by atoms with van der Waals surface area (Å²) in [7, 11) is -2.05. The van der Waals surface area contributed by atoms with Gasteiger partial charge >= 0.3 is 0 Å². The predicted octanol–water partition coefficient (Wildman–Crippen LogP) is 2.73. The van der Waals surface area contributed by atoms with Gasteiger partial charge in [-0.3, -0.25) is 4.79 Å². The summed E-state index contributed by atoms with van der Waals surface area (Å²) < 4.78 is 25.6. The van der Waals surface area contributed by atoms with Crippen molar-refractivity contribution in [3.8, 4) is 0 Å². The van der Waals surface area contributed by atoms with Crippen molar-refractivity contribution < 1.29 is 13.2 Å². The number of sulfonamides is 1. The number of hydrogen-bond donors (Lipinski definition) is 2. The van der Waals surface area contributed by atoms with Gasteiger partial charge in [0, 0.05) is 12.1 Å². The summed E-state index contributed by atoms with van der Waals surface area (Å²) in [4.78, 5) is 12.3. The average molecular weight is 346 g/mol. The first kappa shape index (κ1) is 18.2. The minimum Gasteiger partial charge on any atom is -0.326 e. The van der Waals surface area contributed by atoms with Crippen LogP contribution >= 0.6 is 0 Å². The van der Waals surface area contributed by atoms with Gasteiger partial charge < -0.3 is 5.32 Å². The second-order valence-corrected chi connectivity index (χ2v) is 7.34. The zero-order valence-corrected chi connectivity index (χ0v) is 14.7. The predicted molar refractivity (Wildman–Crippen MR) is 95.5 cm³/mol. The second-order valence-electron chi connectivity index (χ2n) is 5.45. The minimum absolute atomic E-state index is 0.0600. The molecule has 2 rings (SSSR count). The molecule has 0 aliphatic heterocycles. The molecule has 24 heavy (non-hydrogen) atoms. The van der Waals surface area contributed by atoms with Crippen LogP contribution < -0.4 is 10.0 Å². The molecular formula is C18H22N2O3S. The third kappa shape index (κ3) is 4.91. The van der Waals surface area contributed by atoms with E-state index in [1.54, 1.807) is 24.3 Å². The quantitative estimate of drug-likeness (QED) is 0.809. The van der Waals surface area contributed by atoms with E-state index >= 15 is 0 Å². The first-order chi connectivity index (χ1) is 11.4. The number of aryl methyl sites for hydroxylation is 2. The molecule has 0 spiro atoms. The molecule has 0 aliphatic carbocycles. The first-order valence-corrected chi connectivity index (χ1v) is 9.34. The van der Waals surface area contributed by atoms with Crippen LogP contribution in [0.5, 0.6) is 0 Å². The van der Waals surface area contributed by atoms with Gasteiger partial charge in [-0.1, -0.05) is 31.2 Å². The van der Waals surface area contributed by atoms with Crippen molar-refractivity contribution in [1.82, 2.24) is 4.72 Å². The molecule has 2 aromatic carbocycles. The number of amides is 1. The highest BCUT2D eigenvalue weighted by Gasteiger charge is 2.10. The lowest BCUT2D eigenvalue weighted by Crippen LogP contribution is -2.18. The molecule has 0 aliphatic rings. The third-order valence-electron chi connectivity index (χ3n) is 3.76. The zero-order chi connectivity index (χ0) is 17.6. The number of hydrogen-bond acceptors (Lipinski definition) is 3. The van der Waals surface area contributed by atoms with Crippen molar-refractivity contribution in [3.63, 3.8) is 0 Å². The lowest BCUT2D eigenvalue weighted by molar-refractivity contribution is -0.116. The summed E-state index contributed by atoms with van der Waals surface area (Å²) in [6.07, 6.45) is 1.82. The van der Waals surface area contributed by atoms with Crippen LogP contribution in [0.2, 0.25) is 0 Å². The molecule has 0 heterocycles. The van der Waals surface area contributed by atoms with E-state index in [-0.39, 0.29) is 10.8 Å². The molecule has 0 atom stereocenters. The lowest BCUT2D eigenvalue weighted by Gasteiger charge is -2.07. The number of rotatable bonds is 7. The molecule has 0 radical (unpaired) electrons. The second kappa shape index (κ2) is 8.08. The molecule has 0 aromatic heterocycles. The van der Waals surface area contributed by atoms with Gasteiger partial charge in [0.05, 0.1) is 4.90 Å². The maximum atomic E-state index is 12.0. The molecule has 128 valence electrons. The third-order valence-corrected chi connectivity index (χ3v) is 5.19. The number of anilines is 1. The minimum atomic E-state index is -3.42. The van der Waals surface area contributed by atoms with E-state index in [0.29, 0.717) is 12.8 Å². The van der Waals surface area contributed by atoms with Crippen molar-refractivity contribution in [3.05, 3.63) is 59.7 Å². The molecular weight excluding hydrogens is 324 g/mol. The van der Waals surface area contributed by atoms with Gasteiger partial charge in [0.2, 0.25) is 15.9 Å². The van der Waals surface area contributed by atoms with Crippen LogP contribution in [0.25, 0.3) is 0 Å². The topological polar surface area (TPSA) is 75.3 Å². The Balaban J connectivity index is 1.92. The van der Waals surface area contributed by atoms with Crippen molar-refractivity contribution >= 4 is 21.6 Å². The zero-order valence-electron chi connectivity index (χ0n) is 13.9. The molecule has 6 heteroatoms. The smallest absolute Gasteiger partial charge is 0.240 e. The van der Waals surface area contributed by atoms with Gasteiger partial charge in [-0.15, -0.1) is 0 Å². The monoisotopic (exact) mass is 346 g/mol. The average Bonchev–Trinajstić information content (AvgIpc) is 2.60. The molecule has 5 nitrogen and oxygen atoms in total. The van der Waals surface area contributed by atoms with Crippen LogP contribution in [-0.4, -0.2) is 21.4 Å². The lowest BCUT2D eigenvalue weighted by atomic mass is 10.1. The van der Waals surface area contributed by atoms with Crippen molar-refractivity contribution in [2.75, 3.05) is 12.4 Å². The number of benzene rings is 2. The Morgan fingerprint density at radius 1 is 1.04 bits per heavy atom. The van der Waals surface area contributed by atoms with Crippen LogP contribution in [0, 0.1) is 0 Å². The van der Waals surface area contributed by atoms with Gasteiger partial charge in [-0.2, -0.15) is 0 Å². The maximum absolute atomic E-state index is 12.0. The van der Waals surface area contributed by atoms with Gasteiger partial charge in [0.1, 0.15) is 0 Å². The van der Waals surface area contributed by atoms with Gasteiger partial charge in [0.15, 0.2) is 0 Å². The van der Waals surface area contributed by atoms with Crippen molar-refractivity contribution in [2.45, 2.75) is 31.1 Å². The highest BCUT2D eigenvalue weighted by Crippen LogP contribution is 2.14. The largest absolute Gasteiger partial charge is 0.326 e. The van der Waals surface area contributed by atoms with E-state index in [9.17, 15) is 13.2 Å². The first-order valence-electron chi connectivity index (χ1n) is 7.86. The van der Waals surface area contributed by atoms with Gasteiger partial charge in [0.25, 0.3) is 0 Å². The van der Waals surface area contributed by atoms with Crippen LogP contribution in [0.4, 0.5) is 5.69 Å². The highest BCUT2D eigenvalue weighted by molar-refractivity contribution is 7.89. The molecule has 0 bridgehead atoms. The SMILES string of the molecule is CCc1cccc(NC(=O)CCc2ccc(S(=O)(=O)NC)cc2)c1. The van der Waals surface area contributed by atoms with E-state index in [1.807, 2.05) is 24.3 Å². The van der Waals surface area contributed by atoms with Gasteiger partial charge in [-0.25, -0.2) is 13.1 Å². The van der Waals surface area contributed by atoms with E-state index < -0.39 is 10.0 Å². The molecule has 1 amide bonds. The summed E-state index contributed by atoms with van der Waals surface area (Å²) in [5, 5.41) is 2.89. The van der Waals surface area contributed by atoms with Crippen LogP contribution in [0.15, 0.2) is 53.4 Å². The van der Waals surface area contributed by atoms with E-state index in [0.717, 1.165) is 17.7 Å². The van der Waals surface area contributed by atoms with Crippen LogP contribution in [0.1, 0.15) is 24.5 Å². The number of carbonyl (C=O) groups is 1. The fraction of sp³-hybridized carbons (Fsp3) is 0.278. The maximum Gasteiger partial charge on any atom is 0.240 e. The standard InChI is InChI=1S/C18H22N2O3S/c1-3-14-5-4-6-16(13-14)20-18(21)12-9-15-7-10-17(11-8-15)24(22,23)19-2/h4-8,10-11,13,19H,3,9,12H2,1-2H3,(H,20,21). The summed E-state index contributed by atoms with van der Waals surface area (Å²) in [6.45, 7) is 2.07. The summed E-state index contributed by atoms with van der Waals surface area (Å²) in [6, 6.07) is 14.3. The fourth-order valence-corrected chi connectivity index (χ4v) is 3.03. The Kier molecular flexibility index (Phi) is 6.11. The van der Waals surface area contributed by atoms with Crippen LogP contribution in [0.3, 0.4) is 0 Å². The molecule has 0 fully saturated rings. The van der Waals surface area contributed by atoms with E-state index in [1.165, 1.54) is 12.6 Å². The molecule has 2 aromatic rings. The molecule has 0 saturated heterocycles. The van der Waals surface area contributed by atoms with E-state index in [4.69, 9.17) is 0 Å². The van der Waals surface area contributed by atoms with Crippen molar-refractivity contribution in [1.29, 1.82) is 0 Å². The normalized spacial score (nSPS) is 11.2. The Morgan fingerprint density at radius 2 is 1.75 bits per heavy atom. The summed E-state index contributed by atoms with van der Waals surface area (Å²) >= 11 is 0. The Morgan fingerprint density at radius 3 is 2.38 bits per heavy atom. The van der Waals surface area contributed by atoms with E-state index in [2.05, 4.69) is 17.0 Å². The highest BCUT2D eigenvalue weighted by atomic mass is 32.2. The summed E-state index contributed by atoms with van der Waals surface area (Å²) in [5.74, 6) is -0.0600. The molecule has 0 unspecified atom stereocenters. The Hall–Kier alpha value is -2.18. The Labute approximate surface area is 143 Å².